The van der Waals surface area contributed by atoms with Crippen LogP contribution < -0.4 is 10.1 Å². The average molecular weight is 459 g/mol. The van der Waals surface area contributed by atoms with Crippen molar-refractivity contribution in [3.8, 4) is 11.4 Å². The van der Waals surface area contributed by atoms with Crippen LogP contribution in [0.2, 0.25) is 0 Å². The van der Waals surface area contributed by atoms with E-state index in [0.717, 1.165) is 28.6 Å². The SMILES string of the molecule is COc1ccc(-n2c(C)cc([C@@H]3[C@@H](c4ccccn4)NC(=S)N3Cc3ccco3)c2C)cc1. The van der Waals surface area contributed by atoms with E-state index in [-0.39, 0.29) is 12.1 Å². The first-order valence-corrected chi connectivity index (χ1v) is 11.3. The van der Waals surface area contributed by atoms with E-state index in [1.807, 2.05) is 48.7 Å². The Balaban J connectivity index is 1.60. The maximum absolute atomic E-state index is 5.80. The summed E-state index contributed by atoms with van der Waals surface area (Å²) in [4.78, 5) is 6.85. The quantitative estimate of drug-likeness (QED) is 0.398. The largest absolute Gasteiger partial charge is 0.497 e. The number of methoxy groups -OCH3 is 1. The van der Waals surface area contributed by atoms with Crippen molar-refractivity contribution in [1.82, 2.24) is 19.8 Å². The summed E-state index contributed by atoms with van der Waals surface area (Å²) in [6.07, 6.45) is 3.52. The third-order valence-corrected chi connectivity index (χ3v) is 6.58. The minimum atomic E-state index is -0.0709. The molecule has 6 nitrogen and oxygen atoms in total. The minimum absolute atomic E-state index is 0.0318. The van der Waals surface area contributed by atoms with Crippen LogP contribution in [0.25, 0.3) is 5.69 Å². The molecule has 0 unspecified atom stereocenters. The zero-order valence-electron chi connectivity index (χ0n) is 18.9. The van der Waals surface area contributed by atoms with Gasteiger partial charge in [-0.1, -0.05) is 6.07 Å². The molecule has 0 aliphatic carbocycles. The van der Waals surface area contributed by atoms with Crippen LogP contribution in [0.1, 0.15) is 40.5 Å². The summed E-state index contributed by atoms with van der Waals surface area (Å²) in [5.74, 6) is 1.71. The summed E-state index contributed by atoms with van der Waals surface area (Å²) in [5, 5.41) is 4.22. The standard InChI is InChI=1S/C26H26N4O2S/c1-17-15-22(18(2)30(17)19-9-11-20(31-3)12-10-19)25-24(23-8-4-5-13-27-23)28-26(33)29(25)16-21-7-6-14-32-21/h4-15,24-25H,16H2,1-3H3,(H,28,33)/t24-,25-/m1/s1. The van der Waals surface area contributed by atoms with E-state index in [0.29, 0.717) is 11.7 Å². The number of nitrogens with zero attached hydrogens (tertiary/aromatic N) is 3. The Morgan fingerprint density at radius 3 is 2.58 bits per heavy atom. The highest BCUT2D eigenvalue weighted by atomic mass is 32.1. The van der Waals surface area contributed by atoms with Gasteiger partial charge in [-0.2, -0.15) is 0 Å². The van der Waals surface area contributed by atoms with Crippen LogP contribution in [0.15, 0.2) is 77.5 Å². The van der Waals surface area contributed by atoms with Gasteiger partial charge in [0.1, 0.15) is 11.5 Å². The first-order chi connectivity index (χ1) is 16.1. The highest BCUT2D eigenvalue weighted by Gasteiger charge is 2.41. The molecular formula is C26H26N4O2S. The summed E-state index contributed by atoms with van der Waals surface area (Å²) in [6, 6.07) is 20.2. The number of thiocarbonyl (C=S) groups is 1. The summed E-state index contributed by atoms with van der Waals surface area (Å²) >= 11 is 5.80. The molecule has 1 saturated heterocycles. The Morgan fingerprint density at radius 1 is 1.09 bits per heavy atom. The highest BCUT2D eigenvalue weighted by Crippen LogP contribution is 2.42. The lowest BCUT2D eigenvalue weighted by Gasteiger charge is -2.27. The van der Waals surface area contributed by atoms with Gasteiger partial charge in [-0.25, -0.2) is 0 Å². The molecule has 1 aliphatic heterocycles. The highest BCUT2D eigenvalue weighted by molar-refractivity contribution is 7.80. The maximum Gasteiger partial charge on any atom is 0.170 e. The molecule has 168 valence electrons. The van der Waals surface area contributed by atoms with Gasteiger partial charge in [0.05, 0.1) is 37.7 Å². The number of ether oxygens (including phenoxy) is 1. The number of pyridine rings is 1. The summed E-state index contributed by atoms with van der Waals surface area (Å²) in [7, 11) is 1.68. The fourth-order valence-corrected chi connectivity index (χ4v) is 5.01. The van der Waals surface area contributed by atoms with Crippen molar-refractivity contribution in [2.75, 3.05) is 7.11 Å². The summed E-state index contributed by atoms with van der Waals surface area (Å²) in [6.45, 7) is 4.88. The number of hydrogen-bond acceptors (Lipinski definition) is 4. The van der Waals surface area contributed by atoms with E-state index in [2.05, 4.69) is 51.8 Å². The Hall–Kier alpha value is -3.58. The van der Waals surface area contributed by atoms with Gasteiger partial charge in [-0.15, -0.1) is 0 Å². The molecule has 0 saturated carbocycles. The fraction of sp³-hybridized carbons (Fsp3) is 0.231. The molecule has 4 heterocycles. The second-order valence-electron chi connectivity index (χ2n) is 8.19. The molecule has 2 atom stereocenters. The molecule has 0 bridgehead atoms. The van der Waals surface area contributed by atoms with Gasteiger partial charge in [-0.3, -0.25) is 4.98 Å². The van der Waals surface area contributed by atoms with E-state index in [9.17, 15) is 0 Å². The predicted molar refractivity (Wildman–Crippen MR) is 131 cm³/mol. The van der Waals surface area contributed by atoms with Gasteiger partial charge in [0, 0.05) is 23.3 Å². The third kappa shape index (κ3) is 3.89. The van der Waals surface area contributed by atoms with E-state index in [1.54, 1.807) is 13.4 Å². The number of benzene rings is 1. The molecule has 1 N–H and O–H groups in total. The van der Waals surface area contributed by atoms with Gasteiger partial charge in [0.2, 0.25) is 0 Å². The van der Waals surface area contributed by atoms with Crippen LogP contribution in [0.4, 0.5) is 0 Å². The Kier molecular flexibility index (Phi) is 5.64. The molecule has 0 radical (unpaired) electrons. The van der Waals surface area contributed by atoms with Gasteiger partial charge >= 0.3 is 0 Å². The van der Waals surface area contributed by atoms with Gasteiger partial charge < -0.3 is 23.9 Å². The normalized spacial score (nSPS) is 17.9. The van der Waals surface area contributed by atoms with Gasteiger partial charge in [-0.05, 0) is 86.2 Å². The number of aryl methyl sites for hydroxylation is 1. The Labute approximate surface area is 198 Å². The second-order valence-corrected chi connectivity index (χ2v) is 8.58. The van der Waals surface area contributed by atoms with E-state index in [1.165, 1.54) is 11.3 Å². The zero-order valence-corrected chi connectivity index (χ0v) is 19.7. The molecule has 1 aliphatic rings. The van der Waals surface area contributed by atoms with Gasteiger partial charge in [0.25, 0.3) is 0 Å². The van der Waals surface area contributed by atoms with Crippen LogP contribution in [-0.2, 0) is 6.54 Å². The average Bonchev–Trinajstić information content (AvgIpc) is 3.54. The summed E-state index contributed by atoms with van der Waals surface area (Å²) in [5.41, 5.74) is 5.58. The zero-order chi connectivity index (χ0) is 22.9. The molecule has 7 heteroatoms. The van der Waals surface area contributed by atoms with Crippen LogP contribution in [0.5, 0.6) is 5.75 Å². The van der Waals surface area contributed by atoms with Gasteiger partial charge in [0.15, 0.2) is 5.11 Å². The number of rotatable bonds is 6. The number of aromatic nitrogens is 2. The van der Waals surface area contributed by atoms with E-state index < -0.39 is 0 Å². The molecule has 0 spiro atoms. The molecule has 3 aromatic heterocycles. The van der Waals surface area contributed by atoms with Crippen LogP contribution in [0.3, 0.4) is 0 Å². The topological polar surface area (TPSA) is 55.5 Å². The monoisotopic (exact) mass is 458 g/mol. The first kappa shape index (κ1) is 21.3. The molecule has 0 amide bonds. The molecule has 33 heavy (non-hydrogen) atoms. The first-order valence-electron chi connectivity index (χ1n) is 10.9. The smallest absolute Gasteiger partial charge is 0.170 e. The van der Waals surface area contributed by atoms with Crippen molar-refractivity contribution in [3.63, 3.8) is 0 Å². The van der Waals surface area contributed by atoms with Crippen molar-refractivity contribution < 1.29 is 9.15 Å². The van der Waals surface area contributed by atoms with E-state index >= 15 is 0 Å². The van der Waals surface area contributed by atoms with Crippen LogP contribution in [0, 0.1) is 13.8 Å². The number of nitrogens with one attached hydrogen (secondary N) is 1. The Bertz CT molecular complexity index is 1250. The lowest BCUT2D eigenvalue weighted by atomic mass is 9.96. The molecule has 1 fully saturated rings. The molecule has 5 rings (SSSR count). The van der Waals surface area contributed by atoms with Crippen molar-refractivity contribution in [2.24, 2.45) is 0 Å². The molecule has 1 aromatic carbocycles. The van der Waals surface area contributed by atoms with Crippen LogP contribution >= 0.6 is 12.2 Å². The van der Waals surface area contributed by atoms with Crippen molar-refractivity contribution in [3.05, 3.63) is 102 Å². The number of furan rings is 1. The lowest BCUT2D eigenvalue weighted by molar-refractivity contribution is 0.286. The fourth-order valence-electron chi connectivity index (χ4n) is 4.70. The van der Waals surface area contributed by atoms with E-state index in [4.69, 9.17) is 21.4 Å². The van der Waals surface area contributed by atoms with Crippen molar-refractivity contribution >= 4 is 17.3 Å². The second kappa shape index (κ2) is 8.75. The van der Waals surface area contributed by atoms with Crippen molar-refractivity contribution in [1.29, 1.82) is 0 Å². The lowest BCUT2D eigenvalue weighted by Crippen LogP contribution is -2.29. The minimum Gasteiger partial charge on any atom is -0.497 e. The molecule has 4 aromatic rings. The maximum atomic E-state index is 5.80. The Morgan fingerprint density at radius 2 is 1.91 bits per heavy atom. The third-order valence-electron chi connectivity index (χ3n) is 6.22. The number of hydrogen-bond donors (Lipinski definition) is 1. The molecular weight excluding hydrogens is 432 g/mol. The predicted octanol–water partition coefficient (Wildman–Crippen LogP) is 5.26. The van der Waals surface area contributed by atoms with Crippen LogP contribution in [-0.4, -0.2) is 26.7 Å². The summed E-state index contributed by atoms with van der Waals surface area (Å²) < 4.78 is 13.3. The van der Waals surface area contributed by atoms with Crippen molar-refractivity contribution in [2.45, 2.75) is 32.5 Å².